The van der Waals surface area contributed by atoms with Gasteiger partial charge < -0.3 is 4.74 Å². The van der Waals surface area contributed by atoms with Gasteiger partial charge in [0, 0.05) is 27.0 Å². The van der Waals surface area contributed by atoms with Crippen molar-refractivity contribution in [2.75, 3.05) is 11.9 Å². The van der Waals surface area contributed by atoms with E-state index in [1.54, 1.807) is 30.5 Å². The van der Waals surface area contributed by atoms with Crippen molar-refractivity contribution in [3.63, 3.8) is 0 Å². The fourth-order valence-corrected chi connectivity index (χ4v) is 3.42. The predicted octanol–water partition coefficient (Wildman–Crippen LogP) is 5.17. The van der Waals surface area contributed by atoms with Crippen molar-refractivity contribution in [1.82, 2.24) is 4.98 Å². The van der Waals surface area contributed by atoms with Crippen LogP contribution in [0.3, 0.4) is 0 Å². The van der Waals surface area contributed by atoms with Gasteiger partial charge in [0.05, 0.1) is 0 Å². The number of carbonyl (C=O) groups excluding carboxylic acids is 1. The van der Waals surface area contributed by atoms with E-state index in [-0.39, 0.29) is 12.5 Å². The molecule has 1 N–H and O–H groups in total. The maximum Gasteiger partial charge on any atom is 0.264 e. The molecule has 0 saturated heterocycles. The van der Waals surface area contributed by atoms with Gasteiger partial charge in [-0.15, -0.1) is 11.3 Å². The monoisotopic (exact) mass is 436 g/mol. The Morgan fingerprint density at radius 1 is 1.24 bits per heavy atom. The van der Waals surface area contributed by atoms with Crippen molar-refractivity contribution < 1.29 is 9.53 Å². The molecule has 0 fully saturated rings. The van der Waals surface area contributed by atoms with Crippen molar-refractivity contribution in [1.29, 1.82) is 0 Å². The summed E-state index contributed by atoms with van der Waals surface area (Å²) in [6.45, 7) is -0.0953. The Morgan fingerprint density at radius 2 is 2.04 bits per heavy atom. The highest BCUT2D eigenvalue weighted by Gasteiger charge is 2.08. The summed E-state index contributed by atoms with van der Waals surface area (Å²) < 4.78 is 6.46. The summed E-state index contributed by atoms with van der Waals surface area (Å²) in [6, 6.07) is 15.1. The fraction of sp³-hybridized carbons (Fsp3) is 0.111. The fourth-order valence-electron chi connectivity index (χ4n) is 2.11. The number of halogens is 2. The number of nitrogens with zero attached hydrogens (tertiary/aromatic N) is 1. The number of aromatic nitrogens is 1. The molecule has 0 bridgehead atoms. The molecule has 0 aliphatic heterocycles. The highest BCUT2D eigenvalue weighted by molar-refractivity contribution is 9.10. The molecule has 0 radical (unpaired) electrons. The zero-order valence-corrected chi connectivity index (χ0v) is 16.2. The van der Waals surface area contributed by atoms with Gasteiger partial charge >= 0.3 is 0 Å². The molecule has 2 aromatic carbocycles. The van der Waals surface area contributed by atoms with Crippen LogP contribution in [0.2, 0.25) is 5.02 Å². The van der Waals surface area contributed by atoms with E-state index in [1.807, 2.05) is 12.1 Å². The lowest BCUT2D eigenvalue weighted by atomic mass is 10.1. The molecular formula is C18H14BrClN2O2S. The number of hydrogen-bond acceptors (Lipinski definition) is 4. The molecule has 0 aliphatic rings. The molecule has 3 aromatic rings. The van der Waals surface area contributed by atoms with Crippen LogP contribution in [0.25, 0.3) is 0 Å². The molecule has 0 unspecified atom stereocenters. The third-order valence-electron chi connectivity index (χ3n) is 3.26. The second-order valence-electron chi connectivity index (χ2n) is 5.23. The second kappa shape index (κ2) is 8.47. The third-order valence-corrected chi connectivity index (χ3v) is 4.93. The van der Waals surface area contributed by atoms with Gasteiger partial charge in [0.2, 0.25) is 0 Å². The number of carbonyl (C=O) groups is 1. The number of anilines is 1. The first-order chi connectivity index (χ1) is 12.1. The standard InChI is InChI=1S/C18H14BrClN2O2S/c19-13-6-4-12(5-7-13)8-16-10-21-18(25-16)22-17(23)11-24-15-3-1-2-14(20)9-15/h1-7,9-10H,8,11H2,(H,21,22,23). The van der Waals surface area contributed by atoms with E-state index in [1.165, 1.54) is 16.9 Å². The molecule has 25 heavy (non-hydrogen) atoms. The van der Waals surface area contributed by atoms with E-state index in [2.05, 4.69) is 38.4 Å². The number of thiazole rings is 1. The van der Waals surface area contributed by atoms with E-state index in [9.17, 15) is 4.79 Å². The maximum absolute atomic E-state index is 12.0. The summed E-state index contributed by atoms with van der Waals surface area (Å²) in [4.78, 5) is 17.3. The maximum atomic E-state index is 12.0. The predicted molar refractivity (Wildman–Crippen MR) is 105 cm³/mol. The minimum absolute atomic E-state index is 0.0953. The molecular weight excluding hydrogens is 424 g/mol. The Labute approximate surface area is 162 Å². The smallest absolute Gasteiger partial charge is 0.264 e. The quantitative estimate of drug-likeness (QED) is 0.579. The van der Waals surface area contributed by atoms with Gasteiger partial charge in [0.15, 0.2) is 11.7 Å². The summed E-state index contributed by atoms with van der Waals surface area (Å²) in [7, 11) is 0. The molecule has 128 valence electrons. The van der Waals surface area contributed by atoms with Crippen LogP contribution in [0, 0.1) is 0 Å². The molecule has 1 aromatic heterocycles. The normalized spacial score (nSPS) is 10.5. The topological polar surface area (TPSA) is 51.2 Å². The molecule has 1 amide bonds. The van der Waals surface area contributed by atoms with Gasteiger partial charge in [-0.1, -0.05) is 45.7 Å². The van der Waals surface area contributed by atoms with E-state index in [0.29, 0.717) is 15.9 Å². The highest BCUT2D eigenvalue weighted by atomic mass is 79.9. The number of nitrogens with one attached hydrogen (secondary N) is 1. The van der Waals surface area contributed by atoms with E-state index < -0.39 is 0 Å². The Hall–Kier alpha value is -1.89. The SMILES string of the molecule is O=C(COc1cccc(Cl)c1)Nc1ncc(Cc2ccc(Br)cc2)s1. The number of amides is 1. The molecule has 1 heterocycles. The summed E-state index contributed by atoms with van der Waals surface area (Å²) in [5.74, 6) is 0.294. The highest BCUT2D eigenvalue weighted by Crippen LogP contribution is 2.22. The number of benzene rings is 2. The van der Waals surface area contributed by atoms with Gasteiger partial charge in [-0.3, -0.25) is 10.1 Å². The third kappa shape index (κ3) is 5.56. The van der Waals surface area contributed by atoms with Crippen LogP contribution in [0.15, 0.2) is 59.2 Å². The summed E-state index contributed by atoms with van der Waals surface area (Å²) in [5.41, 5.74) is 1.19. The molecule has 7 heteroatoms. The van der Waals surface area contributed by atoms with Crippen LogP contribution in [0.1, 0.15) is 10.4 Å². The van der Waals surface area contributed by atoms with Gasteiger partial charge in [0.25, 0.3) is 5.91 Å². The van der Waals surface area contributed by atoms with Crippen LogP contribution in [-0.2, 0) is 11.2 Å². The lowest BCUT2D eigenvalue weighted by molar-refractivity contribution is -0.118. The lowest BCUT2D eigenvalue weighted by Crippen LogP contribution is -2.19. The molecule has 0 spiro atoms. The van der Waals surface area contributed by atoms with Gasteiger partial charge in [0.1, 0.15) is 5.75 Å². The van der Waals surface area contributed by atoms with Crippen LogP contribution >= 0.6 is 38.9 Å². The van der Waals surface area contributed by atoms with Crippen molar-refractivity contribution in [3.05, 3.63) is 74.7 Å². The zero-order valence-electron chi connectivity index (χ0n) is 13.0. The average Bonchev–Trinajstić information content (AvgIpc) is 3.02. The Kier molecular flexibility index (Phi) is 6.07. The number of ether oxygens (including phenoxy) is 1. The van der Waals surface area contributed by atoms with Gasteiger partial charge in [-0.25, -0.2) is 4.98 Å². The van der Waals surface area contributed by atoms with Crippen molar-refractivity contribution in [2.24, 2.45) is 0 Å². The molecule has 0 atom stereocenters. The van der Waals surface area contributed by atoms with E-state index in [4.69, 9.17) is 16.3 Å². The molecule has 4 nitrogen and oxygen atoms in total. The number of hydrogen-bond donors (Lipinski definition) is 1. The molecule has 3 rings (SSSR count). The van der Waals surface area contributed by atoms with Gasteiger partial charge in [-0.05, 0) is 35.9 Å². The summed E-state index contributed by atoms with van der Waals surface area (Å²) in [5, 5.41) is 3.87. The Bertz CT molecular complexity index is 868. The largest absolute Gasteiger partial charge is 0.484 e. The van der Waals surface area contributed by atoms with Crippen molar-refractivity contribution >= 4 is 49.9 Å². The zero-order chi connectivity index (χ0) is 17.6. The van der Waals surface area contributed by atoms with Crippen molar-refractivity contribution in [2.45, 2.75) is 6.42 Å². The first kappa shape index (κ1) is 17.9. The van der Waals surface area contributed by atoms with Crippen LogP contribution < -0.4 is 10.1 Å². The molecule has 0 saturated carbocycles. The Balaban J connectivity index is 1.52. The van der Waals surface area contributed by atoms with Crippen LogP contribution in [0.5, 0.6) is 5.75 Å². The molecule has 0 aliphatic carbocycles. The first-order valence-corrected chi connectivity index (χ1v) is 9.44. The van der Waals surface area contributed by atoms with E-state index >= 15 is 0 Å². The van der Waals surface area contributed by atoms with Gasteiger partial charge in [-0.2, -0.15) is 0 Å². The summed E-state index contributed by atoms with van der Waals surface area (Å²) >= 11 is 10.8. The number of rotatable bonds is 6. The van der Waals surface area contributed by atoms with Crippen LogP contribution in [0.4, 0.5) is 5.13 Å². The van der Waals surface area contributed by atoms with E-state index in [0.717, 1.165) is 15.8 Å². The second-order valence-corrected chi connectivity index (χ2v) is 7.70. The minimum Gasteiger partial charge on any atom is -0.484 e. The van der Waals surface area contributed by atoms with Crippen molar-refractivity contribution in [3.8, 4) is 5.75 Å². The average molecular weight is 438 g/mol. The summed E-state index contributed by atoms with van der Waals surface area (Å²) in [6.07, 6.45) is 2.56. The Morgan fingerprint density at radius 3 is 2.80 bits per heavy atom. The lowest BCUT2D eigenvalue weighted by Gasteiger charge is -2.05. The minimum atomic E-state index is -0.260. The first-order valence-electron chi connectivity index (χ1n) is 7.46. The van der Waals surface area contributed by atoms with Crippen LogP contribution in [-0.4, -0.2) is 17.5 Å².